The molecule has 1 aliphatic carbocycles. The van der Waals surface area contributed by atoms with E-state index in [-0.39, 0.29) is 5.41 Å². The molecule has 0 fully saturated rings. The predicted molar refractivity (Wildman–Crippen MR) is 228 cm³/mol. The Balaban J connectivity index is 1.19. The summed E-state index contributed by atoms with van der Waals surface area (Å²) in [6.07, 6.45) is 0. The second-order valence-electron chi connectivity index (χ2n) is 14.6. The normalized spacial score (nSPS) is 12.9. The molecule has 0 aliphatic heterocycles. The molecule has 1 aliphatic rings. The van der Waals surface area contributed by atoms with Crippen molar-refractivity contribution in [1.82, 2.24) is 0 Å². The van der Waals surface area contributed by atoms with Gasteiger partial charge in [0.05, 0.1) is 10.4 Å². The second-order valence-corrected chi connectivity index (χ2v) is 15.6. The zero-order valence-corrected chi connectivity index (χ0v) is 30.6. The molecule has 0 bridgehead atoms. The SMILES string of the molecule is CC1(C)c2ccccc2-c2ccc(-c3cc(N(c4ccc(-c5ccccc5)cc4)c4ccc(-c5ccccc5)cc4)c4sc5ccccc5c4c3)cc21. The van der Waals surface area contributed by atoms with Crippen LogP contribution in [0.5, 0.6) is 0 Å². The van der Waals surface area contributed by atoms with Crippen molar-refractivity contribution in [3.8, 4) is 44.5 Å². The third-order valence-electron chi connectivity index (χ3n) is 11.1. The molecule has 0 N–H and O–H groups in total. The van der Waals surface area contributed by atoms with Crippen LogP contribution in [-0.4, -0.2) is 0 Å². The van der Waals surface area contributed by atoms with E-state index in [0.29, 0.717) is 0 Å². The third kappa shape index (κ3) is 5.29. The number of thiophene rings is 1. The average Bonchev–Trinajstić information content (AvgIpc) is 3.71. The van der Waals surface area contributed by atoms with Crippen LogP contribution >= 0.6 is 11.3 Å². The molecule has 10 rings (SSSR count). The lowest BCUT2D eigenvalue weighted by Crippen LogP contribution is -2.14. The fraction of sp³-hybridized carbons (Fsp3) is 0.0588. The molecule has 0 atom stereocenters. The van der Waals surface area contributed by atoms with E-state index >= 15 is 0 Å². The van der Waals surface area contributed by atoms with Gasteiger partial charge in [0, 0.05) is 32.3 Å². The van der Waals surface area contributed by atoms with Crippen molar-refractivity contribution in [3.05, 3.63) is 199 Å². The Bertz CT molecular complexity index is 2690. The van der Waals surface area contributed by atoms with Gasteiger partial charge in [0.25, 0.3) is 0 Å². The van der Waals surface area contributed by atoms with Gasteiger partial charge in [0.15, 0.2) is 0 Å². The highest BCUT2D eigenvalue weighted by Gasteiger charge is 2.35. The molecule has 1 aromatic heterocycles. The first kappa shape index (κ1) is 31.5. The summed E-state index contributed by atoms with van der Waals surface area (Å²) in [5.41, 5.74) is 16.1. The van der Waals surface area contributed by atoms with Crippen molar-refractivity contribution in [1.29, 1.82) is 0 Å². The molecule has 9 aromatic rings. The van der Waals surface area contributed by atoms with Crippen LogP contribution in [0.3, 0.4) is 0 Å². The maximum absolute atomic E-state index is 2.46. The van der Waals surface area contributed by atoms with Crippen LogP contribution in [0, 0.1) is 0 Å². The minimum absolute atomic E-state index is 0.0724. The van der Waals surface area contributed by atoms with Crippen LogP contribution in [0.2, 0.25) is 0 Å². The fourth-order valence-electron chi connectivity index (χ4n) is 8.32. The molecule has 0 radical (unpaired) electrons. The van der Waals surface area contributed by atoms with Crippen molar-refractivity contribution in [2.45, 2.75) is 19.3 Å². The van der Waals surface area contributed by atoms with E-state index < -0.39 is 0 Å². The fourth-order valence-corrected chi connectivity index (χ4v) is 9.51. The van der Waals surface area contributed by atoms with Gasteiger partial charge in [-0.05, 0) is 104 Å². The number of benzene rings is 8. The molecule has 1 heterocycles. The molecule has 8 aromatic carbocycles. The zero-order valence-electron chi connectivity index (χ0n) is 29.8. The summed E-state index contributed by atoms with van der Waals surface area (Å²) in [5.74, 6) is 0. The Morgan fingerprint density at radius 3 is 1.58 bits per heavy atom. The van der Waals surface area contributed by atoms with Gasteiger partial charge in [-0.1, -0.05) is 153 Å². The Hall–Kier alpha value is -6.22. The van der Waals surface area contributed by atoms with Gasteiger partial charge in [-0.2, -0.15) is 0 Å². The van der Waals surface area contributed by atoms with Crippen LogP contribution in [0.15, 0.2) is 188 Å². The van der Waals surface area contributed by atoms with Crippen molar-refractivity contribution < 1.29 is 0 Å². The van der Waals surface area contributed by atoms with E-state index in [1.54, 1.807) is 0 Å². The highest BCUT2D eigenvalue weighted by Crippen LogP contribution is 2.51. The van der Waals surface area contributed by atoms with E-state index in [4.69, 9.17) is 0 Å². The van der Waals surface area contributed by atoms with Gasteiger partial charge in [-0.25, -0.2) is 0 Å². The van der Waals surface area contributed by atoms with Gasteiger partial charge in [0.1, 0.15) is 0 Å². The summed E-state index contributed by atoms with van der Waals surface area (Å²) in [6, 6.07) is 69.1. The predicted octanol–water partition coefficient (Wildman–Crippen LogP) is 14.8. The van der Waals surface area contributed by atoms with Crippen molar-refractivity contribution >= 4 is 48.6 Å². The topological polar surface area (TPSA) is 3.24 Å². The Morgan fingerprint density at radius 2 is 0.925 bits per heavy atom. The summed E-state index contributed by atoms with van der Waals surface area (Å²) in [7, 11) is 0. The lowest BCUT2D eigenvalue weighted by Gasteiger charge is -2.27. The monoisotopic (exact) mass is 695 g/mol. The van der Waals surface area contributed by atoms with Crippen LogP contribution in [0.25, 0.3) is 64.7 Å². The van der Waals surface area contributed by atoms with Crippen molar-refractivity contribution in [3.63, 3.8) is 0 Å². The molecule has 2 heteroatoms. The quantitative estimate of drug-likeness (QED) is 0.167. The van der Waals surface area contributed by atoms with E-state index in [1.165, 1.54) is 81.5 Å². The standard InChI is InChI=1S/C51H37NS/c1-51(2)46-19-11-9-17-42(46)43-30-25-38(32-47(43)51)39-31-45-44-18-10-12-20-49(44)53-50(45)48(33-39)52(40-26-21-36(22-27-40)34-13-5-3-6-14-34)41-28-23-37(24-29-41)35-15-7-4-8-16-35/h3-33H,1-2H3. The molecule has 0 amide bonds. The lowest BCUT2D eigenvalue weighted by atomic mass is 9.81. The summed E-state index contributed by atoms with van der Waals surface area (Å²) < 4.78 is 2.58. The highest BCUT2D eigenvalue weighted by atomic mass is 32.1. The zero-order chi connectivity index (χ0) is 35.5. The Kier molecular flexibility index (Phi) is 7.42. The number of hydrogen-bond acceptors (Lipinski definition) is 2. The molecule has 0 saturated carbocycles. The second kappa shape index (κ2) is 12.5. The minimum Gasteiger partial charge on any atom is -0.309 e. The molecule has 0 saturated heterocycles. The molecule has 0 unspecified atom stereocenters. The summed E-state index contributed by atoms with van der Waals surface area (Å²) in [5, 5.41) is 2.58. The van der Waals surface area contributed by atoms with E-state index in [1.807, 2.05) is 11.3 Å². The van der Waals surface area contributed by atoms with Gasteiger partial charge < -0.3 is 4.90 Å². The van der Waals surface area contributed by atoms with Crippen LogP contribution in [-0.2, 0) is 5.41 Å². The summed E-state index contributed by atoms with van der Waals surface area (Å²) in [6.45, 7) is 4.73. The minimum atomic E-state index is -0.0724. The van der Waals surface area contributed by atoms with Gasteiger partial charge in [-0.3, -0.25) is 0 Å². The number of fused-ring (bicyclic) bond motifs is 6. The Morgan fingerprint density at radius 1 is 0.396 bits per heavy atom. The van der Waals surface area contributed by atoms with E-state index in [2.05, 4.69) is 207 Å². The van der Waals surface area contributed by atoms with Crippen LogP contribution < -0.4 is 4.90 Å². The molecular weight excluding hydrogens is 659 g/mol. The molecule has 53 heavy (non-hydrogen) atoms. The van der Waals surface area contributed by atoms with Gasteiger partial charge in [-0.15, -0.1) is 11.3 Å². The number of rotatable bonds is 6. The first-order chi connectivity index (χ1) is 26.0. The van der Waals surface area contributed by atoms with E-state index in [9.17, 15) is 0 Å². The highest BCUT2D eigenvalue weighted by molar-refractivity contribution is 7.26. The largest absolute Gasteiger partial charge is 0.309 e. The summed E-state index contributed by atoms with van der Waals surface area (Å²) in [4.78, 5) is 2.46. The smallest absolute Gasteiger partial charge is 0.0646 e. The molecular formula is C51H37NS. The van der Waals surface area contributed by atoms with Gasteiger partial charge >= 0.3 is 0 Å². The first-order valence-corrected chi connectivity index (χ1v) is 19.2. The molecule has 0 spiro atoms. The van der Waals surface area contributed by atoms with Crippen molar-refractivity contribution in [2.24, 2.45) is 0 Å². The number of hydrogen-bond donors (Lipinski definition) is 0. The lowest BCUT2D eigenvalue weighted by molar-refractivity contribution is 0.660. The average molecular weight is 696 g/mol. The third-order valence-corrected chi connectivity index (χ3v) is 12.3. The molecule has 252 valence electrons. The van der Waals surface area contributed by atoms with Gasteiger partial charge in [0.2, 0.25) is 0 Å². The number of anilines is 3. The van der Waals surface area contributed by atoms with Crippen LogP contribution in [0.1, 0.15) is 25.0 Å². The summed E-state index contributed by atoms with van der Waals surface area (Å²) >= 11 is 1.88. The van der Waals surface area contributed by atoms with E-state index in [0.717, 1.165) is 11.4 Å². The van der Waals surface area contributed by atoms with Crippen LogP contribution in [0.4, 0.5) is 17.1 Å². The molecule has 1 nitrogen and oxygen atoms in total. The Labute approximate surface area is 315 Å². The van der Waals surface area contributed by atoms with Crippen molar-refractivity contribution in [2.75, 3.05) is 4.90 Å². The number of nitrogens with zero attached hydrogens (tertiary/aromatic N) is 1. The maximum atomic E-state index is 2.46. The maximum Gasteiger partial charge on any atom is 0.0646 e. The first-order valence-electron chi connectivity index (χ1n) is 18.3.